The highest BCUT2D eigenvalue weighted by atomic mass is 19.4. The van der Waals surface area contributed by atoms with Crippen molar-refractivity contribution >= 4 is 0 Å². The molecule has 0 atom stereocenters. The average Bonchev–Trinajstić information content (AvgIpc) is 2.86. The van der Waals surface area contributed by atoms with Gasteiger partial charge in [0.05, 0.1) is 25.8 Å². The molecule has 0 fully saturated rings. The molecule has 2 aromatic rings. The number of methoxy groups -OCH3 is 1. The van der Waals surface area contributed by atoms with Gasteiger partial charge in [0.25, 0.3) is 0 Å². The molecule has 0 amide bonds. The van der Waals surface area contributed by atoms with E-state index in [1.165, 1.54) is 7.11 Å². The normalized spacial score (nSPS) is 11.6. The third-order valence-electron chi connectivity index (χ3n) is 2.42. The zero-order chi connectivity index (χ0) is 14.6. The lowest BCUT2D eigenvalue weighted by atomic mass is 10.2. The van der Waals surface area contributed by atoms with E-state index in [1.54, 1.807) is 24.3 Å². The highest BCUT2D eigenvalue weighted by Crippen LogP contribution is 2.26. The van der Waals surface area contributed by atoms with Crippen LogP contribution in [0, 0.1) is 0 Å². The first-order chi connectivity index (χ1) is 9.49. The Labute approximate surface area is 112 Å². The molecule has 2 rings (SSSR count). The van der Waals surface area contributed by atoms with Crippen molar-refractivity contribution in [3.05, 3.63) is 30.2 Å². The van der Waals surface area contributed by atoms with Crippen molar-refractivity contribution in [2.45, 2.75) is 12.7 Å². The van der Waals surface area contributed by atoms with Gasteiger partial charge in [-0.05, 0) is 12.1 Å². The van der Waals surface area contributed by atoms with Gasteiger partial charge in [-0.2, -0.15) is 18.2 Å². The summed E-state index contributed by atoms with van der Waals surface area (Å²) in [5, 5.41) is 5.91. The van der Waals surface area contributed by atoms with Crippen molar-refractivity contribution in [2.24, 2.45) is 0 Å². The summed E-state index contributed by atoms with van der Waals surface area (Å²) in [7, 11) is 1.50. The Kier molecular flexibility index (Phi) is 4.23. The molecule has 0 saturated heterocycles. The molecule has 5 nitrogen and oxygen atoms in total. The maximum absolute atomic E-state index is 12.0. The Bertz CT molecular complexity index is 569. The summed E-state index contributed by atoms with van der Waals surface area (Å²) in [5.41, 5.74) is 0.612. The number of hydrogen-bond donors (Lipinski definition) is 1. The number of ether oxygens (including phenoxy) is 1. The minimum atomic E-state index is -4.27. The molecule has 0 aliphatic rings. The Hall–Kier alpha value is -2.09. The van der Waals surface area contributed by atoms with E-state index in [0.29, 0.717) is 11.3 Å². The van der Waals surface area contributed by atoms with Crippen molar-refractivity contribution in [1.29, 1.82) is 0 Å². The molecule has 0 unspecified atom stereocenters. The van der Waals surface area contributed by atoms with Crippen molar-refractivity contribution < 1.29 is 22.4 Å². The first-order valence-electron chi connectivity index (χ1n) is 5.73. The third-order valence-corrected chi connectivity index (χ3v) is 2.42. The Morgan fingerprint density at radius 3 is 2.75 bits per heavy atom. The van der Waals surface area contributed by atoms with Crippen LogP contribution in [0.15, 0.2) is 28.8 Å². The van der Waals surface area contributed by atoms with Crippen molar-refractivity contribution in [3.63, 3.8) is 0 Å². The van der Waals surface area contributed by atoms with Crippen LogP contribution in [0.5, 0.6) is 5.75 Å². The highest BCUT2D eigenvalue weighted by molar-refractivity contribution is 5.63. The van der Waals surface area contributed by atoms with Gasteiger partial charge in [-0.1, -0.05) is 17.3 Å². The van der Waals surface area contributed by atoms with Gasteiger partial charge in [0.1, 0.15) is 5.75 Å². The van der Waals surface area contributed by atoms with E-state index in [-0.39, 0.29) is 18.3 Å². The molecule has 0 saturated carbocycles. The molecular weight excluding hydrogens is 275 g/mol. The molecule has 1 heterocycles. The number of hydrogen-bond acceptors (Lipinski definition) is 5. The molecule has 8 heteroatoms. The van der Waals surface area contributed by atoms with Crippen LogP contribution in [-0.2, 0) is 6.54 Å². The monoisotopic (exact) mass is 287 g/mol. The number of halogens is 3. The largest absolute Gasteiger partial charge is 0.496 e. The van der Waals surface area contributed by atoms with Gasteiger partial charge in [0.15, 0.2) is 0 Å². The number of para-hydroxylation sites is 1. The number of nitrogens with one attached hydrogen (secondary N) is 1. The van der Waals surface area contributed by atoms with Crippen LogP contribution >= 0.6 is 0 Å². The summed E-state index contributed by atoms with van der Waals surface area (Å²) < 4.78 is 46.0. The quantitative estimate of drug-likeness (QED) is 0.915. The van der Waals surface area contributed by atoms with Gasteiger partial charge >= 0.3 is 6.18 Å². The van der Waals surface area contributed by atoms with Crippen LogP contribution in [0.4, 0.5) is 13.2 Å². The molecule has 1 aromatic heterocycles. The Morgan fingerprint density at radius 2 is 2.05 bits per heavy atom. The molecule has 1 N–H and O–H groups in total. The smallest absolute Gasteiger partial charge is 0.401 e. The lowest BCUT2D eigenvalue weighted by molar-refractivity contribution is -0.125. The molecule has 0 bridgehead atoms. The van der Waals surface area contributed by atoms with Crippen LogP contribution in [0.25, 0.3) is 11.4 Å². The van der Waals surface area contributed by atoms with Gasteiger partial charge in [-0.15, -0.1) is 0 Å². The Morgan fingerprint density at radius 1 is 1.30 bits per heavy atom. The molecular formula is C12H12F3N3O2. The number of benzene rings is 1. The second-order valence-corrected chi connectivity index (χ2v) is 3.93. The van der Waals surface area contributed by atoms with Crippen molar-refractivity contribution in [1.82, 2.24) is 15.5 Å². The molecule has 0 spiro atoms. The fourth-order valence-corrected chi connectivity index (χ4v) is 1.58. The predicted octanol–water partition coefficient (Wildman–Crippen LogP) is 2.40. The fraction of sp³-hybridized carbons (Fsp3) is 0.333. The first-order valence-corrected chi connectivity index (χ1v) is 5.73. The van der Waals surface area contributed by atoms with E-state index in [9.17, 15) is 13.2 Å². The number of alkyl halides is 3. The second kappa shape index (κ2) is 5.91. The molecule has 0 aliphatic carbocycles. The zero-order valence-corrected chi connectivity index (χ0v) is 10.6. The van der Waals surface area contributed by atoms with E-state index in [4.69, 9.17) is 9.26 Å². The number of rotatable bonds is 5. The zero-order valence-electron chi connectivity index (χ0n) is 10.6. The molecule has 0 radical (unpaired) electrons. The summed E-state index contributed by atoms with van der Waals surface area (Å²) in [5.74, 6) is 0.907. The molecule has 0 aliphatic heterocycles. The highest BCUT2D eigenvalue weighted by Gasteiger charge is 2.26. The van der Waals surface area contributed by atoms with Crippen LogP contribution < -0.4 is 10.1 Å². The van der Waals surface area contributed by atoms with Crippen molar-refractivity contribution in [2.75, 3.05) is 13.7 Å². The third kappa shape index (κ3) is 3.70. The van der Waals surface area contributed by atoms with E-state index in [1.807, 2.05) is 0 Å². The number of nitrogens with zero attached hydrogens (tertiary/aromatic N) is 2. The lowest BCUT2D eigenvalue weighted by Crippen LogP contribution is -2.28. The SMILES string of the molecule is COc1ccccc1-c1noc(CNCC(F)(F)F)n1. The van der Waals surface area contributed by atoms with E-state index < -0.39 is 12.7 Å². The topological polar surface area (TPSA) is 60.2 Å². The average molecular weight is 287 g/mol. The minimum Gasteiger partial charge on any atom is -0.496 e. The summed E-state index contributed by atoms with van der Waals surface area (Å²) in [6.07, 6.45) is -4.27. The van der Waals surface area contributed by atoms with Gasteiger partial charge in [-0.3, -0.25) is 0 Å². The molecule has 1 aromatic carbocycles. The van der Waals surface area contributed by atoms with E-state index in [0.717, 1.165) is 0 Å². The summed E-state index contributed by atoms with van der Waals surface area (Å²) in [6.45, 7) is -1.26. The Balaban J connectivity index is 2.05. The van der Waals surface area contributed by atoms with Crippen molar-refractivity contribution in [3.8, 4) is 17.1 Å². The van der Waals surface area contributed by atoms with Crippen LogP contribution in [0.3, 0.4) is 0 Å². The predicted molar refractivity (Wildman–Crippen MR) is 64.0 cm³/mol. The lowest BCUT2D eigenvalue weighted by Gasteiger charge is -2.05. The van der Waals surface area contributed by atoms with E-state index >= 15 is 0 Å². The standard InChI is InChI=1S/C12H12F3N3O2/c1-19-9-5-3-2-4-8(9)11-17-10(20-18-11)6-16-7-12(13,14)15/h2-5,16H,6-7H2,1H3. The van der Waals surface area contributed by atoms with E-state index in [2.05, 4.69) is 15.5 Å². The number of aromatic nitrogens is 2. The molecule has 20 heavy (non-hydrogen) atoms. The van der Waals surface area contributed by atoms with Crippen LogP contribution in [0.2, 0.25) is 0 Å². The first kappa shape index (κ1) is 14.3. The maximum Gasteiger partial charge on any atom is 0.401 e. The van der Waals surface area contributed by atoms with Gasteiger partial charge in [0.2, 0.25) is 11.7 Å². The minimum absolute atomic E-state index is 0.0788. The van der Waals surface area contributed by atoms with Crippen LogP contribution in [-0.4, -0.2) is 30.0 Å². The molecule has 108 valence electrons. The maximum atomic E-state index is 12.0. The van der Waals surface area contributed by atoms with Crippen LogP contribution in [0.1, 0.15) is 5.89 Å². The fourth-order valence-electron chi connectivity index (χ4n) is 1.58. The van der Waals surface area contributed by atoms with Gasteiger partial charge in [0, 0.05) is 0 Å². The second-order valence-electron chi connectivity index (χ2n) is 3.93. The summed E-state index contributed by atoms with van der Waals surface area (Å²) in [4.78, 5) is 4.02. The van der Waals surface area contributed by atoms with Gasteiger partial charge < -0.3 is 14.6 Å². The van der Waals surface area contributed by atoms with Gasteiger partial charge in [-0.25, -0.2) is 0 Å². The summed E-state index contributed by atoms with van der Waals surface area (Å²) in [6, 6.07) is 7.02. The summed E-state index contributed by atoms with van der Waals surface area (Å²) >= 11 is 0.